The van der Waals surface area contributed by atoms with Crippen molar-refractivity contribution in [1.82, 2.24) is 0 Å². The summed E-state index contributed by atoms with van der Waals surface area (Å²) in [7, 11) is 0. The lowest BCUT2D eigenvalue weighted by molar-refractivity contribution is -0.164. The third kappa shape index (κ3) is 2.99. The van der Waals surface area contributed by atoms with E-state index in [1.54, 1.807) is 6.08 Å². The minimum atomic E-state index is -0.488. The second-order valence-electron chi connectivity index (χ2n) is 5.86. The number of hydrogen-bond acceptors (Lipinski definition) is 3. The van der Waals surface area contributed by atoms with Crippen molar-refractivity contribution in [2.45, 2.75) is 45.0 Å². The van der Waals surface area contributed by atoms with E-state index < -0.39 is 5.79 Å². The zero-order chi connectivity index (χ0) is 13.9. The summed E-state index contributed by atoms with van der Waals surface area (Å²) in [4.78, 5) is 0. The van der Waals surface area contributed by atoms with Gasteiger partial charge in [-0.15, -0.1) is 0 Å². The molecular formula is C16H24O3. The Bertz CT molecular complexity index is 399. The lowest BCUT2D eigenvalue weighted by Gasteiger charge is -2.26. The minimum Gasteiger partial charge on any atom is -0.396 e. The lowest BCUT2D eigenvalue weighted by Crippen LogP contribution is -2.30. The molecule has 1 N–H and O–H groups in total. The Morgan fingerprint density at radius 1 is 1.47 bits per heavy atom. The molecule has 0 aromatic heterocycles. The van der Waals surface area contributed by atoms with Crippen LogP contribution in [0.1, 0.15) is 33.1 Å². The first-order valence-electron chi connectivity index (χ1n) is 6.94. The highest BCUT2D eigenvalue weighted by atomic mass is 16.7. The molecule has 0 aromatic carbocycles. The van der Waals surface area contributed by atoms with Crippen molar-refractivity contribution < 1.29 is 14.6 Å². The van der Waals surface area contributed by atoms with Crippen molar-refractivity contribution in [3.05, 3.63) is 36.5 Å². The van der Waals surface area contributed by atoms with Crippen LogP contribution in [0, 0.1) is 5.41 Å². The van der Waals surface area contributed by atoms with E-state index in [1.165, 1.54) is 0 Å². The molecule has 0 amide bonds. The van der Waals surface area contributed by atoms with E-state index in [1.807, 2.05) is 25.2 Å². The van der Waals surface area contributed by atoms with E-state index in [4.69, 9.17) is 9.47 Å². The summed E-state index contributed by atoms with van der Waals surface area (Å²) in [6.07, 6.45) is 10.3. The van der Waals surface area contributed by atoms with Crippen LogP contribution in [-0.2, 0) is 9.47 Å². The molecule has 1 heterocycles. The molecule has 1 aliphatic carbocycles. The summed E-state index contributed by atoms with van der Waals surface area (Å²) >= 11 is 0. The van der Waals surface area contributed by atoms with Crippen LogP contribution in [-0.4, -0.2) is 30.2 Å². The molecule has 2 aliphatic rings. The summed E-state index contributed by atoms with van der Waals surface area (Å²) in [5.41, 5.74) is 1.05. The van der Waals surface area contributed by atoms with Gasteiger partial charge in [-0.1, -0.05) is 37.8 Å². The smallest absolute Gasteiger partial charge is 0.170 e. The summed E-state index contributed by atoms with van der Waals surface area (Å²) in [5.74, 6) is -0.488. The maximum atomic E-state index is 9.46. The number of aliphatic hydroxyl groups is 1. The average molecular weight is 264 g/mol. The normalized spacial score (nSPS) is 39.5. The van der Waals surface area contributed by atoms with Gasteiger partial charge in [-0.25, -0.2) is 0 Å². The topological polar surface area (TPSA) is 38.7 Å². The second-order valence-corrected chi connectivity index (χ2v) is 5.86. The maximum Gasteiger partial charge on any atom is 0.170 e. The molecule has 1 saturated carbocycles. The lowest BCUT2D eigenvalue weighted by atomic mass is 9.90. The van der Waals surface area contributed by atoms with Gasteiger partial charge < -0.3 is 14.6 Å². The van der Waals surface area contributed by atoms with Crippen LogP contribution < -0.4 is 0 Å². The fraction of sp³-hybridized carbons (Fsp3) is 0.625. The van der Waals surface area contributed by atoms with Crippen LogP contribution in [0.3, 0.4) is 0 Å². The van der Waals surface area contributed by atoms with Crippen molar-refractivity contribution in [1.29, 1.82) is 0 Å². The Hall–Kier alpha value is -0.900. The van der Waals surface area contributed by atoms with Gasteiger partial charge in [0.1, 0.15) is 6.10 Å². The second kappa shape index (κ2) is 5.61. The molecule has 19 heavy (non-hydrogen) atoms. The van der Waals surface area contributed by atoms with Crippen molar-refractivity contribution in [3.63, 3.8) is 0 Å². The molecule has 0 bridgehead atoms. The molecule has 0 aromatic rings. The van der Waals surface area contributed by atoms with E-state index in [2.05, 4.69) is 13.5 Å². The van der Waals surface area contributed by atoms with Gasteiger partial charge in [0.15, 0.2) is 5.79 Å². The van der Waals surface area contributed by atoms with Crippen molar-refractivity contribution in [2.24, 2.45) is 5.41 Å². The molecule has 2 fully saturated rings. The molecule has 1 spiro atoms. The van der Waals surface area contributed by atoms with Crippen LogP contribution >= 0.6 is 0 Å². The first kappa shape index (κ1) is 14.5. The SMILES string of the molecule is C=C/C=C\C(=C/C)C1COC2(CCC(C)(CO)C2)O1. The van der Waals surface area contributed by atoms with Crippen LogP contribution in [0.4, 0.5) is 0 Å². The Morgan fingerprint density at radius 3 is 2.84 bits per heavy atom. The third-order valence-corrected chi connectivity index (χ3v) is 4.17. The van der Waals surface area contributed by atoms with Crippen LogP contribution in [0.2, 0.25) is 0 Å². The monoisotopic (exact) mass is 264 g/mol. The average Bonchev–Trinajstić information content (AvgIpc) is 2.97. The fourth-order valence-corrected chi connectivity index (χ4v) is 2.97. The standard InChI is InChI=1S/C16H24O3/c1-4-6-7-13(5-2)14-10-18-16(19-14)9-8-15(3,11-16)12-17/h4-7,14,17H,1,8-12H2,2-3H3/b7-6-,13-5+. The van der Waals surface area contributed by atoms with E-state index >= 15 is 0 Å². The Labute approximate surface area is 115 Å². The largest absolute Gasteiger partial charge is 0.396 e. The van der Waals surface area contributed by atoms with E-state index in [-0.39, 0.29) is 18.1 Å². The minimum absolute atomic E-state index is 0.0118. The quantitative estimate of drug-likeness (QED) is 0.793. The van der Waals surface area contributed by atoms with Gasteiger partial charge in [-0.2, -0.15) is 0 Å². The molecule has 3 nitrogen and oxygen atoms in total. The van der Waals surface area contributed by atoms with E-state index in [0.29, 0.717) is 6.61 Å². The Morgan fingerprint density at radius 2 is 2.26 bits per heavy atom. The molecule has 3 atom stereocenters. The predicted molar refractivity (Wildman–Crippen MR) is 75.7 cm³/mol. The molecule has 1 saturated heterocycles. The van der Waals surface area contributed by atoms with Gasteiger partial charge in [0.2, 0.25) is 0 Å². The van der Waals surface area contributed by atoms with Crippen molar-refractivity contribution in [2.75, 3.05) is 13.2 Å². The molecular weight excluding hydrogens is 240 g/mol. The van der Waals surface area contributed by atoms with Gasteiger partial charge in [-0.05, 0) is 24.3 Å². The molecule has 106 valence electrons. The van der Waals surface area contributed by atoms with Crippen LogP contribution in [0.25, 0.3) is 0 Å². The van der Waals surface area contributed by atoms with Gasteiger partial charge in [0.25, 0.3) is 0 Å². The number of ether oxygens (including phenoxy) is 2. The van der Waals surface area contributed by atoms with E-state index in [9.17, 15) is 5.11 Å². The summed E-state index contributed by atoms with van der Waals surface area (Å²) in [5, 5.41) is 9.46. The van der Waals surface area contributed by atoms with Gasteiger partial charge >= 0.3 is 0 Å². The first-order valence-corrected chi connectivity index (χ1v) is 6.94. The van der Waals surface area contributed by atoms with Crippen LogP contribution in [0.5, 0.6) is 0 Å². The highest BCUT2D eigenvalue weighted by molar-refractivity contribution is 5.26. The fourth-order valence-electron chi connectivity index (χ4n) is 2.97. The number of allylic oxidation sites excluding steroid dienone is 3. The Balaban J connectivity index is 2.04. The third-order valence-electron chi connectivity index (χ3n) is 4.17. The summed E-state index contributed by atoms with van der Waals surface area (Å²) in [6.45, 7) is 8.56. The summed E-state index contributed by atoms with van der Waals surface area (Å²) < 4.78 is 12.1. The maximum absolute atomic E-state index is 9.46. The summed E-state index contributed by atoms with van der Waals surface area (Å²) in [6, 6.07) is 0. The number of hydrogen-bond donors (Lipinski definition) is 1. The Kier molecular flexibility index (Phi) is 4.29. The van der Waals surface area contributed by atoms with Gasteiger partial charge in [0, 0.05) is 19.4 Å². The molecule has 0 radical (unpaired) electrons. The highest BCUT2D eigenvalue weighted by Gasteiger charge is 2.52. The van der Waals surface area contributed by atoms with E-state index in [0.717, 1.165) is 24.8 Å². The molecule has 1 aliphatic heterocycles. The highest BCUT2D eigenvalue weighted by Crippen LogP contribution is 2.49. The number of aliphatic hydroxyl groups excluding tert-OH is 1. The predicted octanol–water partition coefficient (Wildman–Crippen LogP) is 2.97. The van der Waals surface area contributed by atoms with Crippen molar-refractivity contribution in [3.8, 4) is 0 Å². The number of rotatable bonds is 4. The van der Waals surface area contributed by atoms with Gasteiger partial charge in [0.05, 0.1) is 6.61 Å². The van der Waals surface area contributed by atoms with Gasteiger partial charge in [-0.3, -0.25) is 0 Å². The van der Waals surface area contributed by atoms with Crippen LogP contribution in [0.15, 0.2) is 36.5 Å². The zero-order valence-electron chi connectivity index (χ0n) is 11.9. The first-order chi connectivity index (χ1) is 9.06. The van der Waals surface area contributed by atoms with Crippen molar-refractivity contribution >= 4 is 0 Å². The molecule has 3 heteroatoms. The molecule has 2 rings (SSSR count). The molecule has 3 unspecified atom stereocenters. The zero-order valence-corrected chi connectivity index (χ0v) is 11.9.